The summed E-state index contributed by atoms with van der Waals surface area (Å²) in [6.07, 6.45) is 9.89. The lowest BCUT2D eigenvalue weighted by Crippen LogP contribution is -2.14. The molecular formula is C15H27NO. The first-order valence-corrected chi connectivity index (χ1v) is 6.80. The van der Waals surface area contributed by atoms with E-state index in [-0.39, 0.29) is 6.61 Å². The van der Waals surface area contributed by atoms with E-state index < -0.39 is 0 Å². The van der Waals surface area contributed by atoms with Crippen LogP contribution >= 0.6 is 0 Å². The van der Waals surface area contributed by atoms with Crippen LogP contribution in [0.2, 0.25) is 0 Å². The predicted octanol–water partition coefficient (Wildman–Crippen LogP) is 2.88. The number of aliphatic hydroxyl groups excluding tert-OH is 1. The Morgan fingerprint density at radius 3 is 2.29 bits per heavy atom. The molecule has 2 nitrogen and oxygen atoms in total. The highest BCUT2D eigenvalue weighted by atomic mass is 16.2. The molecular weight excluding hydrogens is 210 g/mol. The van der Waals surface area contributed by atoms with E-state index in [4.69, 9.17) is 5.11 Å². The molecule has 17 heavy (non-hydrogen) atoms. The molecule has 0 saturated carbocycles. The highest BCUT2D eigenvalue weighted by Crippen LogP contribution is 2.14. The second kappa shape index (κ2) is 13.3. The van der Waals surface area contributed by atoms with Gasteiger partial charge >= 0.3 is 0 Å². The van der Waals surface area contributed by atoms with Crippen molar-refractivity contribution in [3.8, 4) is 11.8 Å². The average Bonchev–Trinajstić information content (AvgIpc) is 2.35. The van der Waals surface area contributed by atoms with Gasteiger partial charge in [0.15, 0.2) is 0 Å². The maximum absolute atomic E-state index is 8.49. The highest BCUT2D eigenvalue weighted by molar-refractivity contribution is 5.05. The van der Waals surface area contributed by atoms with Gasteiger partial charge in [-0.2, -0.15) is 0 Å². The van der Waals surface area contributed by atoms with Gasteiger partial charge in [0, 0.05) is 6.54 Å². The normalized spacial score (nSPS) is 9.59. The van der Waals surface area contributed by atoms with E-state index in [0.29, 0.717) is 6.54 Å². The Labute approximate surface area is 107 Å². The average molecular weight is 237 g/mol. The van der Waals surface area contributed by atoms with Crippen molar-refractivity contribution in [1.82, 2.24) is 5.32 Å². The van der Waals surface area contributed by atoms with Crippen molar-refractivity contribution in [3.63, 3.8) is 0 Å². The molecule has 0 bridgehead atoms. The number of aliphatic hydroxyl groups is 1. The molecule has 0 atom stereocenters. The van der Waals surface area contributed by atoms with Gasteiger partial charge < -0.3 is 10.4 Å². The number of hydrogen-bond acceptors (Lipinski definition) is 2. The van der Waals surface area contributed by atoms with Crippen LogP contribution < -0.4 is 5.32 Å². The van der Waals surface area contributed by atoms with Gasteiger partial charge in [-0.25, -0.2) is 0 Å². The summed E-state index contributed by atoms with van der Waals surface area (Å²) < 4.78 is 0. The summed E-state index contributed by atoms with van der Waals surface area (Å²) in [6.45, 7) is 5.98. The second-order valence-electron chi connectivity index (χ2n) is 4.21. The van der Waals surface area contributed by atoms with Crippen molar-refractivity contribution in [3.05, 3.63) is 11.6 Å². The van der Waals surface area contributed by atoms with Gasteiger partial charge in [-0.05, 0) is 25.7 Å². The summed E-state index contributed by atoms with van der Waals surface area (Å²) in [5.74, 6) is 5.48. The Hall–Kier alpha value is -0.780. The molecule has 0 aliphatic carbocycles. The van der Waals surface area contributed by atoms with Crippen molar-refractivity contribution < 1.29 is 5.11 Å². The fourth-order valence-electron chi connectivity index (χ4n) is 1.61. The molecule has 0 fully saturated rings. The minimum atomic E-state index is -0.0459. The lowest BCUT2D eigenvalue weighted by atomic mass is 10.0. The topological polar surface area (TPSA) is 32.3 Å². The molecule has 0 aromatic rings. The molecule has 0 amide bonds. The van der Waals surface area contributed by atoms with E-state index in [1.807, 2.05) is 0 Å². The fraction of sp³-hybridized carbons (Fsp3) is 0.733. The van der Waals surface area contributed by atoms with Gasteiger partial charge in [0.25, 0.3) is 0 Å². The molecule has 0 aromatic carbocycles. The van der Waals surface area contributed by atoms with Crippen LogP contribution in [0.25, 0.3) is 0 Å². The highest BCUT2D eigenvalue weighted by Gasteiger charge is 1.96. The first kappa shape index (κ1) is 16.2. The van der Waals surface area contributed by atoms with Crippen molar-refractivity contribution in [2.24, 2.45) is 0 Å². The van der Waals surface area contributed by atoms with E-state index >= 15 is 0 Å². The third kappa shape index (κ3) is 11.5. The van der Waals surface area contributed by atoms with Gasteiger partial charge in [-0.3, -0.25) is 0 Å². The fourth-order valence-corrected chi connectivity index (χ4v) is 1.61. The minimum Gasteiger partial charge on any atom is -0.384 e. The number of nitrogens with one attached hydrogen (secondary N) is 1. The molecule has 0 aliphatic heterocycles. The summed E-state index contributed by atoms with van der Waals surface area (Å²) in [7, 11) is 0. The van der Waals surface area contributed by atoms with Crippen molar-refractivity contribution in [1.29, 1.82) is 0 Å². The molecule has 0 radical (unpaired) electrons. The Balaban J connectivity index is 3.82. The molecule has 0 heterocycles. The molecule has 2 heteroatoms. The first-order chi connectivity index (χ1) is 8.35. The van der Waals surface area contributed by atoms with Crippen LogP contribution in [0.1, 0.15) is 52.4 Å². The van der Waals surface area contributed by atoms with Gasteiger partial charge in [0.05, 0.1) is 6.54 Å². The first-order valence-electron chi connectivity index (χ1n) is 6.80. The van der Waals surface area contributed by atoms with Crippen LogP contribution in [0, 0.1) is 11.8 Å². The van der Waals surface area contributed by atoms with Crippen molar-refractivity contribution in [2.45, 2.75) is 52.4 Å². The number of allylic oxidation sites excluding steroid dienone is 1. The Kier molecular flexibility index (Phi) is 12.7. The molecule has 0 aliphatic rings. The van der Waals surface area contributed by atoms with Crippen LogP contribution in [0.3, 0.4) is 0 Å². The lowest BCUT2D eigenvalue weighted by molar-refractivity contribution is 0.350. The predicted molar refractivity (Wildman–Crippen MR) is 74.9 cm³/mol. The summed E-state index contributed by atoms with van der Waals surface area (Å²) >= 11 is 0. The van der Waals surface area contributed by atoms with Crippen LogP contribution in [0.4, 0.5) is 0 Å². The Morgan fingerprint density at radius 1 is 1.12 bits per heavy atom. The molecule has 0 saturated heterocycles. The van der Waals surface area contributed by atoms with E-state index in [9.17, 15) is 0 Å². The molecule has 0 spiro atoms. The lowest BCUT2D eigenvalue weighted by Gasteiger charge is -2.06. The van der Waals surface area contributed by atoms with Crippen molar-refractivity contribution in [2.75, 3.05) is 19.7 Å². The minimum absolute atomic E-state index is 0.0459. The van der Waals surface area contributed by atoms with Gasteiger partial charge in [-0.15, -0.1) is 0 Å². The Morgan fingerprint density at radius 2 is 1.76 bits per heavy atom. The van der Waals surface area contributed by atoms with E-state index in [1.165, 1.54) is 38.5 Å². The van der Waals surface area contributed by atoms with Crippen molar-refractivity contribution >= 4 is 0 Å². The van der Waals surface area contributed by atoms with E-state index in [2.05, 4.69) is 37.1 Å². The summed E-state index contributed by atoms with van der Waals surface area (Å²) in [5.41, 5.74) is 1.58. The van der Waals surface area contributed by atoms with Crippen LogP contribution in [-0.4, -0.2) is 24.8 Å². The zero-order valence-electron chi connectivity index (χ0n) is 11.4. The number of hydrogen-bond donors (Lipinski definition) is 2. The SMILES string of the molecule is CCCCC(=CCNCC#CCO)CCCC. The molecule has 98 valence electrons. The zero-order chi connectivity index (χ0) is 12.8. The summed E-state index contributed by atoms with van der Waals surface area (Å²) in [6, 6.07) is 0. The maximum Gasteiger partial charge on any atom is 0.104 e. The van der Waals surface area contributed by atoms with Gasteiger partial charge in [0.1, 0.15) is 6.61 Å². The maximum atomic E-state index is 8.49. The van der Waals surface area contributed by atoms with Crippen LogP contribution in [0.5, 0.6) is 0 Å². The zero-order valence-corrected chi connectivity index (χ0v) is 11.4. The molecule has 0 rings (SSSR count). The summed E-state index contributed by atoms with van der Waals surface area (Å²) in [4.78, 5) is 0. The van der Waals surface area contributed by atoms with Gasteiger partial charge in [-0.1, -0.05) is 50.2 Å². The van der Waals surface area contributed by atoms with E-state index in [0.717, 1.165) is 6.54 Å². The van der Waals surface area contributed by atoms with Gasteiger partial charge in [0.2, 0.25) is 0 Å². The molecule has 2 N–H and O–H groups in total. The molecule has 0 unspecified atom stereocenters. The van der Waals surface area contributed by atoms with Crippen LogP contribution in [0.15, 0.2) is 11.6 Å². The quantitative estimate of drug-likeness (QED) is 0.367. The third-order valence-electron chi connectivity index (χ3n) is 2.66. The Bertz CT molecular complexity index is 237. The number of rotatable bonds is 9. The standard InChI is InChI=1S/C15H27NO/c1-3-5-9-15(10-6-4-2)11-13-16-12-7-8-14-17/h11,16-17H,3-6,9-10,12-14H2,1-2H3. The number of unbranched alkanes of at least 4 members (excludes halogenated alkanes) is 2. The summed E-state index contributed by atoms with van der Waals surface area (Å²) in [5, 5.41) is 11.7. The largest absolute Gasteiger partial charge is 0.384 e. The molecule has 0 aromatic heterocycles. The van der Waals surface area contributed by atoms with E-state index in [1.54, 1.807) is 5.57 Å². The third-order valence-corrected chi connectivity index (χ3v) is 2.66. The smallest absolute Gasteiger partial charge is 0.104 e. The van der Waals surface area contributed by atoms with Crippen LogP contribution in [-0.2, 0) is 0 Å². The second-order valence-corrected chi connectivity index (χ2v) is 4.21. The monoisotopic (exact) mass is 237 g/mol.